The van der Waals surface area contributed by atoms with Gasteiger partial charge in [-0.15, -0.1) is 0 Å². The van der Waals surface area contributed by atoms with Crippen LogP contribution in [0, 0.1) is 0 Å². The van der Waals surface area contributed by atoms with Crippen molar-refractivity contribution >= 4 is 29.7 Å². The van der Waals surface area contributed by atoms with E-state index in [9.17, 15) is 14.4 Å². The first-order valence-corrected chi connectivity index (χ1v) is 8.58. The molecule has 0 saturated carbocycles. The molecule has 8 nitrogen and oxygen atoms in total. The lowest BCUT2D eigenvalue weighted by Gasteiger charge is -2.08. The summed E-state index contributed by atoms with van der Waals surface area (Å²) in [7, 11) is 0. The summed E-state index contributed by atoms with van der Waals surface area (Å²) in [6.45, 7) is 3.16. The van der Waals surface area contributed by atoms with Gasteiger partial charge < -0.3 is 14.8 Å². The van der Waals surface area contributed by atoms with Crippen LogP contribution in [-0.4, -0.2) is 37.2 Å². The molecule has 2 N–H and O–H groups in total. The van der Waals surface area contributed by atoms with Gasteiger partial charge >= 0.3 is 5.97 Å². The van der Waals surface area contributed by atoms with E-state index in [1.807, 2.05) is 0 Å². The normalized spacial score (nSPS) is 10.4. The highest BCUT2D eigenvalue weighted by atomic mass is 16.6. The molecule has 0 fully saturated rings. The topological polar surface area (TPSA) is 106 Å². The van der Waals surface area contributed by atoms with E-state index in [-0.39, 0.29) is 19.1 Å². The lowest BCUT2D eigenvalue weighted by atomic mass is 10.2. The molecule has 0 aliphatic carbocycles. The minimum absolute atomic E-state index is 0.221. The van der Waals surface area contributed by atoms with Crippen molar-refractivity contribution in [2.75, 3.05) is 18.5 Å². The summed E-state index contributed by atoms with van der Waals surface area (Å²) in [6.07, 6.45) is 1.41. The lowest BCUT2D eigenvalue weighted by Crippen LogP contribution is -2.18. The van der Waals surface area contributed by atoms with Gasteiger partial charge in [0.15, 0.2) is 6.61 Å². The first-order valence-electron chi connectivity index (χ1n) is 8.58. The van der Waals surface area contributed by atoms with Crippen LogP contribution in [-0.2, 0) is 14.3 Å². The molecule has 0 atom stereocenters. The Bertz CT molecular complexity index is 880. The Morgan fingerprint density at radius 1 is 1.11 bits per heavy atom. The fraction of sp³-hybridized carbons (Fsp3) is 0.200. The summed E-state index contributed by atoms with van der Waals surface area (Å²) < 4.78 is 10.2. The monoisotopic (exact) mass is 383 g/mol. The highest BCUT2D eigenvalue weighted by molar-refractivity contribution is 5.97. The van der Waals surface area contributed by atoms with Gasteiger partial charge in [0, 0.05) is 23.7 Å². The van der Waals surface area contributed by atoms with Crippen molar-refractivity contribution in [3.05, 3.63) is 59.7 Å². The zero-order chi connectivity index (χ0) is 20.4. The molecule has 0 aliphatic rings. The molecule has 2 aromatic rings. The number of hydrogen-bond donors (Lipinski definition) is 2. The summed E-state index contributed by atoms with van der Waals surface area (Å²) in [6, 6.07) is 13.4. The molecule has 2 rings (SSSR count). The lowest BCUT2D eigenvalue weighted by molar-refractivity contribution is -0.145. The van der Waals surface area contributed by atoms with Gasteiger partial charge in [-0.25, -0.2) is 10.2 Å². The molecule has 0 unspecified atom stereocenters. The fourth-order valence-electron chi connectivity index (χ4n) is 2.22. The Labute approximate surface area is 162 Å². The summed E-state index contributed by atoms with van der Waals surface area (Å²) in [5, 5.41) is 6.53. The van der Waals surface area contributed by atoms with Gasteiger partial charge in [0.2, 0.25) is 5.91 Å². The molecule has 0 aliphatic heterocycles. The van der Waals surface area contributed by atoms with Crippen molar-refractivity contribution in [1.82, 2.24) is 5.43 Å². The van der Waals surface area contributed by atoms with E-state index in [1.165, 1.54) is 13.1 Å². The van der Waals surface area contributed by atoms with Gasteiger partial charge in [0.05, 0.1) is 12.8 Å². The van der Waals surface area contributed by atoms with E-state index >= 15 is 0 Å². The summed E-state index contributed by atoms with van der Waals surface area (Å²) in [4.78, 5) is 34.7. The van der Waals surface area contributed by atoms with Gasteiger partial charge in [-0.2, -0.15) is 5.10 Å². The summed E-state index contributed by atoms with van der Waals surface area (Å²) >= 11 is 0. The standard InChI is InChI=1S/C20H21N3O5/c1-3-27-19(25)13-28-18-10-5-4-7-16(18)12-21-23-20(26)15-8-6-9-17(11-15)22-14(2)24/h4-12H,3,13H2,1-2H3,(H,22,24)(H,23,26)/b21-12-. The third kappa shape index (κ3) is 6.56. The number of benzene rings is 2. The van der Waals surface area contributed by atoms with E-state index in [0.29, 0.717) is 22.6 Å². The average molecular weight is 383 g/mol. The molecule has 2 amide bonds. The second-order valence-corrected chi connectivity index (χ2v) is 5.59. The number of carbonyl (C=O) groups excluding carboxylic acids is 3. The molecule has 0 radical (unpaired) electrons. The molecule has 0 spiro atoms. The number of ether oxygens (including phenoxy) is 2. The van der Waals surface area contributed by atoms with Crippen LogP contribution in [0.15, 0.2) is 53.6 Å². The summed E-state index contributed by atoms with van der Waals surface area (Å²) in [5.74, 6) is -0.703. The van der Waals surface area contributed by atoms with E-state index in [2.05, 4.69) is 15.8 Å². The Morgan fingerprint density at radius 2 is 1.89 bits per heavy atom. The minimum Gasteiger partial charge on any atom is -0.481 e. The molecular formula is C20H21N3O5. The zero-order valence-corrected chi connectivity index (χ0v) is 15.6. The molecule has 2 aromatic carbocycles. The number of hydrazone groups is 1. The van der Waals surface area contributed by atoms with Gasteiger partial charge in [-0.3, -0.25) is 9.59 Å². The van der Waals surface area contributed by atoms with Crippen LogP contribution in [0.1, 0.15) is 29.8 Å². The minimum atomic E-state index is -0.471. The quantitative estimate of drug-likeness (QED) is 0.413. The van der Waals surface area contributed by atoms with Crippen molar-refractivity contribution in [1.29, 1.82) is 0 Å². The second kappa shape index (κ2) is 10.5. The smallest absolute Gasteiger partial charge is 0.344 e. The third-order valence-corrected chi connectivity index (χ3v) is 3.38. The van der Waals surface area contributed by atoms with E-state index in [0.717, 1.165) is 0 Å². The Balaban J connectivity index is 2.00. The van der Waals surface area contributed by atoms with Crippen LogP contribution in [0.4, 0.5) is 5.69 Å². The molecule has 0 bridgehead atoms. The highest BCUT2D eigenvalue weighted by Crippen LogP contribution is 2.16. The highest BCUT2D eigenvalue weighted by Gasteiger charge is 2.08. The predicted molar refractivity (Wildman–Crippen MR) is 104 cm³/mol. The van der Waals surface area contributed by atoms with Crippen molar-refractivity contribution < 1.29 is 23.9 Å². The van der Waals surface area contributed by atoms with Crippen molar-refractivity contribution in [2.24, 2.45) is 5.10 Å². The largest absolute Gasteiger partial charge is 0.481 e. The maximum absolute atomic E-state index is 12.2. The van der Waals surface area contributed by atoms with Gasteiger partial charge in [0.25, 0.3) is 5.91 Å². The number of carbonyl (C=O) groups is 3. The molecule has 0 saturated heterocycles. The van der Waals surface area contributed by atoms with Crippen molar-refractivity contribution in [3.8, 4) is 5.75 Å². The van der Waals surface area contributed by atoms with Gasteiger partial charge in [-0.1, -0.05) is 18.2 Å². The number of rotatable bonds is 8. The number of nitrogens with zero attached hydrogens (tertiary/aromatic N) is 1. The maximum Gasteiger partial charge on any atom is 0.344 e. The number of nitrogens with one attached hydrogen (secondary N) is 2. The van der Waals surface area contributed by atoms with Crippen LogP contribution in [0.25, 0.3) is 0 Å². The third-order valence-electron chi connectivity index (χ3n) is 3.38. The zero-order valence-electron chi connectivity index (χ0n) is 15.6. The number of hydrogen-bond acceptors (Lipinski definition) is 6. The van der Waals surface area contributed by atoms with E-state index in [4.69, 9.17) is 9.47 Å². The SMILES string of the molecule is CCOC(=O)COc1ccccc1/C=N\NC(=O)c1cccc(NC(C)=O)c1. The van der Waals surface area contributed by atoms with Crippen molar-refractivity contribution in [3.63, 3.8) is 0 Å². The number of amides is 2. The van der Waals surface area contributed by atoms with Crippen molar-refractivity contribution in [2.45, 2.75) is 13.8 Å². The van der Waals surface area contributed by atoms with E-state index in [1.54, 1.807) is 55.5 Å². The second-order valence-electron chi connectivity index (χ2n) is 5.59. The number of anilines is 1. The van der Waals surface area contributed by atoms with Crippen LogP contribution in [0.2, 0.25) is 0 Å². The first-order chi connectivity index (χ1) is 13.5. The van der Waals surface area contributed by atoms with E-state index < -0.39 is 11.9 Å². The molecule has 0 aromatic heterocycles. The molecule has 146 valence electrons. The van der Waals surface area contributed by atoms with Crippen LogP contribution >= 0.6 is 0 Å². The van der Waals surface area contributed by atoms with Crippen LogP contribution in [0.5, 0.6) is 5.75 Å². The maximum atomic E-state index is 12.2. The average Bonchev–Trinajstić information content (AvgIpc) is 2.67. The fourth-order valence-corrected chi connectivity index (χ4v) is 2.22. The number of para-hydroxylation sites is 1. The Kier molecular flexibility index (Phi) is 7.71. The molecule has 8 heteroatoms. The molecule has 0 heterocycles. The predicted octanol–water partition coefficient (Wildman–Crippen LogP) is 2.35. The van der Waals surface area contributed by atoms with Crippen LogP contribution in [0.3, 0.4) is 0 Å². The first kappa shape index (κ1) is 20.6. The number of esters is 1. The molecule has 28 heavy (non-hydrogen) atoms. The van der Waals surface area contributed by atoms with Crippen LogP contribution < -0.4 is 15.5 Å². The summed E-state index contributed by atoms with van der Waals surface area (Å²) in [5.41, 5.74) is 3.85. The Hall–Kier alpha value is -3.68. The van der Waals surface area contributed by atoms with Gasteiger partial charge in [-0.05, 0) is 37.3 Å². The Morgan fingerprint density at radius 3 is 2.64 bits per heavy atom. The molecular weight excluding hydrogens is 362 g/mol. The van der Waals surface area contributed by atoms with Gasteiger partial charge in [0.1, 0.15) is 5.75 Å².